The first-order chi connectivity index (χ1) is 14.7. The van der Waals surface area contributed by atoms with Gasteiger partial charge in [-0.2, -0.15) is 0 Å². The summed E-state index contributed by atoms with van der Waals surface area (Å²) in [5.41, 5.74) is 6.60. The minimum atomic E-state index is -0.102. The Balaban J connectivity index is 1.47. The molecule has 1 aliphatic heterocycles. The monoisotopic (exact) mass is 422 g/mol. The van der Waals surface area contributed by atoms with Crippen molar-refractivity contribution in [3.8, 4) is 0 Å². The molecule has 6 heteroatoms. The number of carbonyl (C=O) groups is 2. The van der Waals surface area contributed by atoms with E-state index in [2.05, 4.69) is 53.5 Å². The maximum atomic E-state index is 12.7. The summed E-state index contributed by atoms with van der Waals surface area (Å²) in [4.78, 5) is 31.2. The quantitative estimate of drug-likeness (QED) is 0.777. The normalized spacial score (nSPS) is 14.1. The van der Waals surface area contributed by atoms with Gasteiger partial charge in [0.15, 0.2) is 0 Å². The number of rotatable bonds is 6. The summed E-state index contributed by atoms with van der Waals surface area (Å²) in [6.07, 6.45) is 0. The third kappa shape index (κ3) is 6.07. The largest absolute Gasteiger partial charge is 0.368 e. The van der Waals surface area contributed by atoms with Crippen LogP contribution in [-0.4, -0.2) is 67.9 Å². The van der Waals surface area contributed by atoms with E-state index in [0.717, 1.165) is 29.9 Å². The first kappa shape index (κ1) is 22.8. The van der Waals surface area contributed by atoms with Gasteiger partial charge < -0.3 is 15.1 Å². The first-order valence-corrected chi connectivity index (χ1v) is 10.9. The van der Waals surface area contributed by atoms with Crippen molar-refractivity contribution in [3.63, 3.8) is 0 Å². The van der Waals surface area contributed by atoms with Crippen molar-refractivity contribution in [1.82, 2.24) is 9.80 Å². The molecule has 2 amide bonds. The number of likely N-dealkylation sites (N-methyl/N-ethyl adjacent to an activating group) is 1. The number of nitrogens with one attached hydrogen (secondary N) is 1. The highest BCUT2D eigenvalue weighted by molar-refractivity contribution is 5.94. The van der Waals surface area contributed by atoms with Gasteiger partial charge in [0, 0.05) is 37.6 Å². The van der Waals surface area contributed by atoms with Crippen LogP contribution in [0.15, 0.2) is 36.4 Å². The molecule has 166 valence electrons. The summed E-state index contributed by atoms with van der Waals surface area (Å²) >= 11 is 0. The lowest BCUT2D eigenvalue weighted by atomic mass is 10.1. The number of anilines is 2. The van der Waals surface area contributed by atoms with Gasteiger partial charge in [-0.25, -0.2) is 0 Å². The number of carbonyl (C=O) groups excluding carboxylic acids is 2. The first-order valence-electron chi connectivity index (χ1n) is 10.9. The van der Waals surface area contributed by atoms with Crippen LogP contribution in [0.4, 0.5) is 11.4 Å². The SMILES string of the molecule is Cc1cccc(N2CCN(C(=O)CN(C)CC(=O)Nc3c(C)cc(C)cc3C)CC2)c1. The molecule has 1 saturated heterocycles. The number of nitrogens with zero attached hydrogens (tertiary/aromatic N) is 3. The van der Waals surface area contributed by atoms with Gasteiger partial charge in [0.25, 0.3) is 0 Å². The van der Waals surface area contributed by atoms with Crippen LogP contribution in [0, 0.1) is 27.7 Å². The third-order valence-corrected chi connectivity index (χ3v) is 5.76. The number of piperazine rings is 1. The molecule has 0 saturated carbocycles. The van der Waals surface area contributed by atoms with Gasteiger partial charge in [0.2, 0.25) is 11.8 Å². The van der Waals surface area contributed by atoms with Crippen molar-refractivity contribution in [3.05, 3.63) is 58.7 Å². The molecule has 2 aromatic rings. The van der Waals surface area contributed by atoms with Crippen LogP contribution >= 0.6 is 0 Å². The molecule has 0 atom stereocenters. The van der Waals surface area contributed by atoms with Gasteiger partial charge in [-0.1, -0.05) is 29.8 Å². The Bertz CT molecular complexity index is 925. The van der Waals surface area contributed by atoms with Crippen molar-refractivity contribution in [2.24, 2.45) is 0 Å². The molecule has 0 unspecified atom stereocenters. The lowest BCUT2D eigenvalue weighted by molar-refractivity contribution is -0.132. The molecule has 0 spiro atoms. The third-order valence-electron chi connectivity index (χ3n) is 5.76. The van der Waals surface area contributed by atoms with Crippen LogP contribution in [0.2, 0.25) is 0 Å². The summed E-state index contributed by atoms with van der Waals surface area (Å²) < 4.78 is 0. The fourth-order valence-electron chi connectivity index (χ4n) is 4.23. The fourth-order valence-corrected chi connectivity index (χ4v) is 4.23. The highest BCUT2D eigenvalue weighted by atomic mass is 16.2. The molecule has 1 aliphatic rings. The molecule has 2 aromatic carbocycles. The highest BCUT2D eigenvalue weighted by Gasteiger charge is 2.23. The number of hydrogen-bond donors (Lipinski definition) is 1. The van der Waals surface area contributed by atoms with Gasteiger partial charge in [0.1, 0.15) is 0 Å². The van der Waals surface area contributed by atoms with Crippen LogP contribution in [0.3, 0.4) is 0 Å². The molecule has 0 aromatic heterocycles. The second-order valence-corrected chi connectivity index (χ2v) is 8.70. The van der Waals surface area contributed by atoms with E-state index in [9.17, 15) is 9.59 Å². The number of amides is 2. The standard InChI is InChI=1S/C25H34N4O2/c1-18-7-6-8-22(15-18)28-9-11-29(12-10-28)24(31)17-27(5)16-23(30)26-25-20(3)13-19(2)14-21(25)4/h6-8,13-15H,9-12,16-17H2,1-5H3,(H,26,30). The Morgan fingerprint density at radius 3 is 2.16 bits per heavy atom. The van der Waals surface area contributed by atoms with Gasteiger partial charge in [-0.15, -0.1) is 0 Å². The van der Waals surface area contributed by atoms with Crippen molar-refractivity contribution in [2.45, 2.75) is 27.7 Å². The predicted octanol–water partition coefficient (Wildman–Crippen LogP) is 3.14. The Morgan fingerprint density at radius 2 is 1.55 bits per heavy atom. The molecule has 1 N–H and O–H groups in total. The van der Waals surface area contributed by atoms with Gasteiger partial charge in [-0.3, -0.25) is 14.5 Å². The number of hydrogen-bond acceptors (Lipinski definition) is 4. The molecule has 1 fully saturated rings. The predicted molar refractivity (Wildman–Crippen MR) is 127 cm³/mol. The smallest absolute Gasteiger partial charge is 0.238 e. The zero-order valence-electron chi connectivity index (χ0n) is 19.4. The zero-order valence-corrected chi connectivity index (χ0v) is 19.4. The van der Waals surface area contributed by atoms with Crippen LogP contribution in [-0.2, 0) is 9.59 Å². The molecule has 31 heavy (non-hydrogen) atoms. The van der Waals surface area contributed by atoms with Gasteiger partial charge in [-0.05, 0) is 63.6 Å². The second kappa shape index (κ2) is 9.96. The average molecular weight is 423 g/mol. The highest BCUT2D eigenvalue weighted by Crippen LogP contribution is 2.22. The van der Waals surface area contributed by atoms with E-state index in [1.807, 2.05) is 32.7 Å². The van der Waals surface area contributed by atoms with E-state index in [-0.39, 0.29) is 24.9 Å². The molecule has 0 bridgehead atoms. The Labute approximate surface area is 185 Å². The minimum Gasteiger partial charge on any atom is -0.368 e. The van der Waals surface area contributed by atoms with Gasteiger partial charge in [0.05, 0.1) is 13.1 Å². The van der Waals surface area contributed by atoms with Crippen molar-refractivity contribution >= 4 is 23.2 Å². The van der Waals surface area contributed by atoms with E-state index in [0.29, 0.717) is 13.1 Å². The summed E-state index contributed by atoms with van der Waals surface area (Å²) in [5.74, 6) is -0.0310. The maximum absolute atomic E-state index is 12.7. The van der Waals surface area contributed by atoms with Crippen LogP contribution < -0.4 is 10.2 Å². The van der Waals surface area contributed by atoms with Crippen LogP contribution in [0.25, 0.3) is 0 Å². The molecule has 1 heterocycles. The summed E-state index contributed by atoms with van der Waals surface area (Å²) in [6, 6.07) is 12.6. The van der Waals surface area contributed by atoms with Crippen molar-refractivity contribution in [1.29, 1.82) is 0 Å². The summed E-state index contributed by atoms with van der Waals surface area (Å²) in [6.45, 7) is 11.6. The fraction of sp³-hybridized carbons (Fsp3) is 0.440. The molecular formula is C25H34N4O2. The molecule has 0 aliphatic carbocycles. The van der Waals surface area contributed by atoms with E-state index in [1.165, 1.54) is 16.8 Å². The van der Waals surface area contributed by atoms with Gasteiger partial charge >= 0.3 is 0 Å². The lowest BCUT2D eigenvalue weighted by Crippen LogP contribution is -2.51. The van der Waals surface area contributed by atoms with E-state index >= 15 is 0 Å². The summed E-state index contributed by atoms with van der Waals surface area (Å²) in [5, 5.41) is 3.01. The molecule has 0 radical (unpaired) electrons. The number of benzene rings is 2. The summed E-state index contributed by atoms with van der Waals surface area (Å²) in [7, 11) is 1.81. The molecular weight excluding hydrogens is 388 g/mol. The Hall–Kier alpha value is -2.86. The Kier molecular flexibility index (Phi) is 7.33. The average Bonchev–Trinajstić information content (AvgIpc) is 2.70. The van der Waals surface area contributed by atoms with Crippen molar-refractivity contribution < 1.29 is 9.59 Å². The Morgan fingerprint density at radius 1 is 0.903 bits per heavy atom. The van der Waals surface area contributed by atoms with E-state index < -0.39 is 0 Å². The molecule has 6 nitrogen and oxygen atoms in total. The molecule has 3 rings (SSSR count). The van der Waals surface area contributed by atoms with E-state index in [1.54, 1.807) is 4.90 Å². The lowest BCUT2D eigenvalue weighted by Gasteiger charge is -2.36. The number of aryl methyl sites for hydroxylation is 4. The van der Waals surface area contributed by atoms with Crippen molar-refractivity contribution in [2.75, 3.05) is 56.5 Å². The topological polar surface area (TPSA) is 55.9 Å². The minimum absolute atomic E-state index is 0.0712. The van der Waals surface area contributed by atoms with E-state index in [4.69, 9.17) is 0 Å². The second-order valence-electron chi connectivity index (χ2n) is 8.70. The van der Waals surface area contributed by atoms with Crippen LogP contribution in [0.5, 0.6) is 0 Å². The van der Waals surface area contributed by atoms with Crippen LogP contribution in [0.1, 0.15) is 22.3 Å². The maximum Gasteiger partial charge on any atom is 0.238 e. The zero-order chi connectivity index (χ0) is 22.5.